The Labute approximate surface area is 116 Å². The molecule has 0 fully saturated rings. The Kier molecular flexibility index (Phi) is 2.94. The van der Waals surface area contributed by atoms with Crippen molar-refractivity contribution in [1.82, 2.24) is 19.7 Å². The molecule has 3 rings (SSSR count). The zero-order valence-corrected chi connectivity index (χ0v) is 11.3. The van der Waals surface area contributed by atoms with Crippen LogP contribution < -0.4 is 0 Å². The van der Waals surface area contributed by atoms with Crippen LogP contribution in [-0.4, -0.2) is 32.2 Å². The van der Waals surface area contributed by atoms with Crippen LogP contribution in [0.4, 0.5) is 4.39 Å². The second-order valence-electron chi connectivity index (χ2n) is 4.24. The van der Waals surface area contributed by atoms with Crippen molar-refractivity contribution in [2.45, 2.75) is 6.42 Å². The molecule has 8 heteroatoms. The van der Waals surface area contributed by atoms with E-state index < -0.39 is 5.82 Å². The highest BCUT2D eigenvalue weighted by Gasteiger charge is 2.18. The molecule has 0 aliphatic heterocycles. The van der Waals surface area contributed by atoms with E-state index in [4.69, 9.17) is 5.41 Å². The lowest BCUT2D eigenvalue weighted by Crippen LogP contribution is -1.98. The van der Waals surface area contributed by atoms with E-state index in [9.17, 15) is 9.18 Å². The number of nitrogens with zero attached hydrogens (tertiary/aromatic N) is 3. The number of aldehydes is 1. The van der Waals surface area contributed by atoms with Crippen LogP contribution in [0.1, 0.15) is 26.8 Å². The Morgan fingerprint density at radius 2 is 2.40 bits per heavy atom. The summed E-state index contributed by atoms with van der Waals surface area (Å²) in [6, 6.07) is 0. The van der Waals surface area contributed by atoms with E-state index in [1.807, 2.05) is 0 Å². The van der Waals surface area contributed by atoms with Crippen molar-refractivity contribution in [3.05, 3.63) is 34.0 Å². The first-order valence-corrected chi connectivity index (χ1v) is 6.59. The van der Waals surface area contributed by atoms with Crippen LogP contribution in [0.2, 0.25) is 0 Å². The Morgan fingerprint density at radius 3 is 3.00 bits per heavy atom. The average Bonchev–Trinajstić information content (AvgIpc) is 3.08. The topological polar surface area (TPSA) is 87.4 Å². The molecule has 3 heterocycles. The third-order valence-electron chi connectivity index (χ3n) is 3.09. The Hall–Kier alpha value is -2.35. The van der Waals surface area contributed by atoms with Gasteiger partial charge in [0.2, 0.25) is 0 Å². The first kappa shape index (κ1) is 12.7. The average molecular weight is 291 g/mol. The third kappa shape index (κ3) is 1.76. The molecule has 0 aromatic carbocycles. The number of aromatic amines is 1. The van der Waals surface area contributed by atoms with Gasteiger partial charge in [-0.1, -0.05) is 0 Å². The molecular formula is C12H10FN5OS. The Balaban J connectivity index is 2.10. The summed E-state index contributed by atoms with van der Waals surface area (Å²) in [6.45, 7) is 0. The molecule has 0 amide bonds. The number of thiazole rings is 1. The number of H-pyrrole nitrogens is 1. The molecule has 2 N–H and O–H groups in total. The first-order chi connectivity index (χ1) is 9.65. The normalized spacial score (nSPS) is 11.1. The summed E-state index contributed by atoms with van der Waals surface area (Å²) in [5.74, 6) is -0.398. The van der Waals surface area contributed by atoms with E-state index in [-0.39, 0.29) is 6.42 Å². The molecule has 0 aliphatic rings. The van der Waals surface area contributed by atoms with Gasteiger partial charge >= 0.3 is 0 Å². The molecule has 6 nitrogen and oxygen atoms in total. The van der Waals surface area contributed by atoms with Crippen LogP contribution in [-0.2, 0) is 13.5 Å². The van der Waals surface area contributed by atoms with Crippen molar-refractivity contribution in [2.75, 3.05) is 0 Å². The molecule has 0 saturated carbocycles. The largest absolute Gasteiger partial charge is 0.325 e. The van der Waals surface area contributed by atoms with Gasteiger partial charge in [-0.2, -0.15) is 5.10 Å². The molecule has 0 unspecified atom stereocenters. The van der Waals surface area contributed by atoms with E-state index in [0.29, 0.717) is 33.9 Å². The number of hydrogen-bond donors (Lipinski definition) is 2. The van der Waals surface area contributed by atoms with Crippen LogP contribution in [0, 0.1) is 11.2 Å². The predicted octanol–water partition coefficient (Wildman–Crippen LogP) is 1.90. The summed E-state index contributed by atoms with van der Waals surface area (Å²) >= 11 is 1.34. The van der Waals surface area contributed by atoms with Crippen LogP contribution in [0.25, 0.3) is 10.3 Å². The van der Waals surface area contributed by atoms with Crippen molar-refractivity contribution in [1.29, 1.82) is 5.41 Å². The van der Waals surface area contributed by atoms with Crippen molar-refractivity contribution < 1.29 is 9.18 Å². The molecule has 0 spiro atoms. The van der Waals surface area contributed by atoms with Gasteiger partial charge in [-0.15, -0.1) is 11.3 Å². The van der Waals surface area contributed by atoms with Gasteiger partial charge in [0.05, 0.1) is 16.6 Å². The summed E-state index contributed by atoms with van der Waals surface area (Å²) in [6.07, 6.45) is 3.32. The number of halogens is 1. The van der Waals surface area contributed by atoms with Gasteiger partial charge in [0, 0.05) is 25.2 Å². The minimum absolute atomic E-state index is 0.280. The maximum atomic E-state index is 13.4. The molecule has 3 aromatic heterocycles. The second-order valence-corrected chi connectivity index (χ2v) is 5.32. The summed E-state index contributed by atoms with van der Waals surface area (Å²) < 4.78 is 15.8. The number of hydrogen-bond acceptors (Lipinski definition) is 5. The molecule has 0 bridgehead atoms. The smallest absolute Gasteiger partial charge is 0.167 e. The van der Waals surface area contributed by atoms with Crippen LogP contribution >= 0.6 is 11.3 Å². The molecule has 0 saturated heterocycles. The second kappa shape index (κ2) is 4.64. The monoisotopic (exact) mass is 291 g/mol. The number of nitrogens with one attached hydrogen (secondary N) is 2. The molecule has 0 atom stereocenters. The number of rotatable bonds is 4. The lowest BCUT2D eigenvalue weighted by molar-refractivity contribution is 0.111. The maximum Gasteiger partial charge on any atom is 0.167 e. The van der Waals surface area contributed by atoms with Crippen LogP contribution in [0.3, 0.4) is 0 Å². The molecule has 102 valence electrons. The highest BCUT2D eigenvalue weighted by molar-refractivity contribution is 7.19. The van der Waals surface area contributed by atoms with Gasteiger partial charge in [-0.05, 0) is 0 Å². The van der Waals surface area contributed by atoms with Gasteiger partial charge in [0.25, 0.3) is 0 Å². The van der Waals surface area contributed by atoms with Crippen LogP contribution in [0.15, 0.2) is 6.20 Å². The molecular weight excluding hydrogens is 281 g/mol. The summed E-state index contributed by atoms with van der Waals surface area (Å²) in [7, 11) is 1.72. The summed E-state index contributed by atoms with van der Waals surface area (Å²) in [4.78, 5) is 15.5. The lowest BCUT2D eigenvalue weighted by atomic mass is 10.3. The van der Waals surface area contributed by atoms with E-state index in [1.54, 1.807) is 11.6 Å². The molecule has 3 aromatic rings. The van der Waals surface area contributed by atoms with E-state index in [1.165, 1.54) is 17.5 Å². The zero-order chi connectivity index (χ0) is 14.3. The van der Waals surface area contributed by atoms with E-state index in [2.05, 4.69) is 15.2 Å². The lowest BCUT2D eigenvalue weighted by Gasteiger charge is -1.96. The highest BCUT2D eigenvalue weighted by Crippen LogP contribution is 2.30. The summed E-state index contributed by atoms with van der Waals surface area (Å²) in [5, 5.41) is 14.4. The molecule has 20 heavy (non-hydrogen) atoms. The minimum atomic E-state index is -0.398. The quantitative estimate of drug-likeness (QED) is 0.568. The third-order valence-corrected chi connectivity index (χ3v) is 4.17. The SMILES string of the molecule is Cn1c(C=O)c(C=N)c2sc(Cc3n[nH]cc3F)nc21. The number of carbonyl (C=O) groups is 1. The predicted molar refractivity (Wildman–Crippen MR) is 73.2 cm³/mol. The fourth-order valence-electron chi connectivity index (χ4n) is 2.10. The van der Waals surface area contributed by atoms with Crippen molar-refractivity contribution in [3.8, 4) is 0 Å². The van der Waals surface area contributed by atoms with Crippen molar-refractivity contribution >= 4 is 34.2 Å². The Bertz CT molecular complexity index is 815. The van der Waals surface area contributed by atoms with Gasteiger partial charge in [-0.3, -0.25) is 9.89 Å². The van der Waals surface area contributed by atoms with Gasteiger partial charge in [-0.25, -0.2) is 9.37 Å². The molecule has 0 radical (unpaired) electrons. The number of carbonyl (C=O) groups excluding carboxylic acids is 1. The van der Waals surface area contributed by atoms with Gasteiger partial charge < -0.3 is 9.98 Å². The highest BCUT2D eigenvalue weighted by atomic mass is 32.1. The van der Waals surface area contributed by atoms with Crippen molar-refractivity contribution in [3.63, 3.8) is 0 Å². The van der Waals surface area contributed by atoms with E-state index in [0.717, 1.165) is 10.9 Å². The molecule has 0 aliphatic carbocycles. The van der Waals surface area contributed by atoms with Crippen molar-refractivity contribution in [2.24, 2.45) is 7.05 Å². The van der Waals surface area contributed by atoms with Gasteiger partial charge in [0.15, 0.2) is 17.8 Å². The number of aryl methyl sites for hydroxylation is 1. The Morgan fingerprint density at radius 1 is 1.60 bits per heavy atom. The summed E-state index contributed by atoms with van der Waals surface area (Å²) in [5.41, 5.74) is 1.90. The fraction of sp³-hybridized carbons (Fsp3) is 0.167. The number of aromatic nitrogens is 4. The zero-order valence-electron chi connectivity index (χ0n) is 10.5. The van der Waals surface area contributed by atoms with Gasteiger partial charge in [0.1, 0.15) is 10.7 Å². The number of fused-ring (bicyclic) bond motifs is 1. The minimum Gasteiger partial charge on any atom is -0.325 e. The first-order valence-electron chi connectivity index (χ1n) is 5.77. The standard InChI is InChI=1S/C12H10FN5OS/c1-18-9(5-19)6(3-14)11-12(18)16-10(20-11)2-8-7(13)4-15-17-8/h3-5,14H,2H2,1H3,(H,15,17). The fourth-order valence-corrected chi connectivity index (χ4v) is 3.22. The maximum absolute atomic E-state index is 13.4. The van der Waals surface area contributed by atoms with Crippen LogP contribution in [0.5, 0.6) is 0 Å². The van der Waals surface area contributed by atoms with E-state index >= 15 is 0 Å².